The van der Waals surface area contributed by atoms with E-state index in [1.54, 1.807) is 0 Å². The van der Waals surface area contributed by atoms with Crippen LogP contribution < -0.4 is 11.1 Å². The van der Waals surface area contributed by atoms with Crippen LogP contribution in [0.3, 0.4) is 0 Å². The van der Waals surface area contributed by atoms with Crippen LogP contribution in [-0.4, -0.2) is 22.8 Å². The first-order valence-electron chi connectivity index (χ1n) is 5.87. The van der Waals surface area contributed by atoms with Crippen LogP contribution in [0.1, 0.15) is 30.7 Å². The van der Waals surface area contributed by atoms with Crippen LogP contribution in [-0.2, 0) is 6.18 Å². The van der Waals surface area contributed by atoms with E-state index in [1.165, 1.54) is 0 Å². The van der Waals surface area contributed by atoms with E-state index in [2.05, 4.69) is 15.5 Å². The smallest absolute Gasteiger partial charge is 0.360 e. The lowest BCUT2D eigenvalue weighted by molar-refractivity contribution is -0.138. The third-order valence-corrected chi connectivity index (χ3v) is 4.08. The first-order chi connectivity index (χ1) is 8.47. The molecule has 1 saturated carbocycles. The molecular formula is C10H15F3N4S. The van der Waals surface area contributed by atoms with Crippen molar-refractivity contribution >= 4 is 16.5 Å². The topological polar surface area (TPSA) is 63.8 Å². The van der Waals surface area contributed by atoms with Crippen LogP contribution in [0.5, 0.6) is 0 Å². The quantitative estimate of drug-likeness (QED) is 0.893. The molecule has 0 radical (unpaired) electrons. The summed E-state index contributed by atoms with van der Waals surface area (Å²) in [7, 11) is 0. The summed E-state index contributed by atoms with van der Waals surface area (Å²) in [6.45, 7) is 0.563. The molecule has 1 aromatic heterocycles. The second kappa shape index (κ2) is 5.40. The lowest BCUT2D eigenvalue weighted by Crippen LogP contribution is -2.37. The lowest BCUT2D eigenvalue weighted by atomic mass is 9.85. The fourth-order valence-electron chi connectivity index (χ4n) is 2.12. The van der Waals surface area contributed by atoms with Crippen molar-refractivity contribution in [3.05, 3.63) is 5.01 Å². The van der Waals surface area contributed by atoms with Crippen LogP contribution in [0.25, 0.3) is 0 Å². The molecule has 8 heteroatoms. The summed E-state index contributed by atoms with van der Waals surface area (Å²) < 4.78 is 37.0. The number of halogens is 3. The van der Waals surface area contributed by atoms with Crippen LogP contribution in [0, 0.1) is 5.92 Å². The molecule has 2 rings (SSSR count). The third-order valence-electron chi connectivity index (χ3n) is 3.15. The van der Waals surface area contributed by atoms with Crippen LogP contribution in [0.4, 0.5) is 18.3 Å². The van der Waals surface area contributed by atoms with Gasteiger partial charge in [-0.3, -0.25) is 0 Å². The van der Waals surface area contributed by atoms with Gasteiger partial charge in [-0.2, -0.15) is 13.2 Å². The fraction of sp³-hybridized carbons (Fsp3) is 0.800. The summed E-state index contributed by atoms with van der Waals surface area (Å²) in [5.74, 6) is 0.303. The van der Waals surface area contributed by atoms with Crippen molar-refractivity contribution in [3.8, 4) is 0 Å². The van der Waals surface area contributed by atoms with Gasteiger partial charge in [0, 0.05) is 12.6 Å². The van der Waals surface area contributed by atoms with Crippen molar-refractivity contribution in [1.82, 2.24) is 10.2 Å². The third kappa shape index (κ3) is 3.32. The van der Waals surface area contributed by atoms with Gasteiger partial charge in [0.1, 0.15) is 0 Å². The highest BCUT2D eigenvalue weighted by atomic mass is 32.1. The molecule has 102 valence electrons. The Balaban J connectivity index is 1.88. The van der Waals surface area contributed by atoms with Gasteiger partial charge in [0.2, 0.25) is 10.1 Å². The van der Waals surface area contributed by atoms with Gasteiger partial charge in [-0.15, -0.1) is 10.2 Å². The SMILES string of the molecule is NC1CCCCC1CNc1nnc(C(F)(F)F)s1. The minimum absolute atomic E-state index is 0.126. The van der Waals surface area contributed by atoms with Crippen LogP contribution in [0.15, 0.2) is 0 Å². The van der Waals surface area contributed by atoms with Gasteiger partial charge in [-0.25, -0.2) is 0 Å². The van der Waals surface area contributed by atoms with E-state index in [0.29, 0.717) is 23.8 Å². The summed E-state index contributed by atoms with van der Waals surface area (Å²) in [4.78, 5) is 0. The molecule has 1 fully saturated rings. The van der Waals surface area contributed by atoms with Gasteiger partial charge in [0.15, 0.2) is 0 Å². The zero-order valence-corrected chi connectivity index (χ0v) is 10.5. The van der Waals surface area contributed by atoms with Crippen LogP contribution in [0.2, 0.25) is 0 Å². The lowest BCUT2D eigenvalue weighted by Gasteiger charge is -2.28. The van der Waals surface area contributed by atoms with Crippen molar-refractivity contribution in [2.75, 3.05) is 11.9 Å². The minimum atomic E-state index is -4.42. The van der Waals surface area contributed by atoms with E-state index in [1.807, 2.05) is 0 Å². The fourth-order valence-corrected chi connectivity index (χ4v) is 2.74. The van der Waals surface area contributed by atoms with Crippen molar-refractivity contribution in [3.63, 3.8) is 0 Å². The van der Waals surface area contributed by atoms with E-state index in [4.69, 9.17) is 5.73 Å². The Morgan fingerprint density at radius 2 is 2.00 bits per heavy atom. The molecule has 0 amide bonds. The van der Waals surface area contributed by atoms with Gasteiger partial charge >= 0.3 is 6.18 Å². The summed E-state index contributed by atoms with van der Waals surface area (Å²) in [5, 5.41) is 8.80. The first kappa shape index (κ1) is 13.5. The number of rotatable bonds is 3. The predicted octanol–water partition coefficient (Wildman–Crippen LogP) is 2.49. The van der Waals surface area contributed by atoms with E-state index in [-0.39, 0.29) is 11.2 Å². The van der Waals surface area contributed by atoms with E-state index in [0.717, 1.165) is 25.7 Å². The maximum Gasteiger partial charge on any atom is 0.445 e. The highest BCUT2D eigenvalue weighted by Gasteiger charge is 2.35. The Bertz CT molecular complexity index is 393. The van der Waals surface area contributed by atoms with E-state index < -0.39 is 11.2 Å². The Morgan fingerprint density at radius 1 is 1.28 bits per heavy atom. The first-order valence-corrected chi connectivity index (χ1v) is 6.68. The van der Waals surface area contributed by atoms with Gasteiger partial charge in [-0.05, 0) is 18.8 Å². The standard InChI is InChI=1S/C10H15F3N4S/c11-10(12,13)8-16-17-9(18-8)15-5-6-3-1-2-4-7(6)14/h6-7H,1-5,14H2,(H,15,17). The number of hydrogen-bond acceptors (Lipinski definition) is 5. The molecule has 2 unspecified atom stereocenters. The summed E-state index contributed by atoms with van der Waals surface area (Å²) in [6.07, 6.45) is -0.160. The molecule has 4 nitrogen and oxygen atoms in total. The normalized spacial score (nSPS) is 25.1. The van der Waals surface area contributed by atoms with Gasteiger partial charge in [-0.1, -0.05) is 24.2 Å². The Kier molecular flexibility index (Phi) is 4.06. The number of aromatic nitrogens is 2. The average molecular weight is 280 g/mol. The maximum absolute atomic E-state index is 12.3. The van der Waals surface area contributed by atoms with Gasteiger partial charge in [0.25, 0.3) is 0 Å². The zero-order valence-electron chi connectivity index (χ0n) is 9.70. The molecule has 1 aliphatic rings. The number of nitrogens with two attached hydrogens (primary N) is 1. The molecule has 18 heavy (non-hydrogen) atoms. The Morgan fingerprint density at radius 3 is 2.61 bits per heavy atom. The van der Waals surface area contributed by atoms with E-state index in [9.17, 15) is 13.2 Å². The summed E-state index contributed by atoms with van der Waals surface area (Å²) in [5.41, 5.74) is 5.96. The highest BCUT2D eigenvalue weighted by Crippen LogP contribution is 2.33. The number of nitrogens with one attached hydrogen (secondary N) is 1. The van der Waals surface area contributed by atoms with Crippen LogP contribution >= 0.6 is 11.3 Å². The second-order valence-corrected chi connectivity index (χ2v) is 5.48. The maximum atomic E-state index is 12.3. The molecule has 1 heterocycles. The van der Waals surface area contributed by atoms with Crippen molar-refractivity contribution in [2.45, 2.75) is 37.9 Å². The number of hydrogen-bond donors (Lipinski definition) is 2. The average Bonchev–Trinajstić information content (AvgIpc) is 2.76. The monoisotopic (exact) mass is 280 g/mol. The van der Waals surface area contributed by atoms with Crippen molar-refractivity contribution < 1.29 is 13.2 Å². The molecule has 1 aliphatic carbocycles. The number of anilines is 1. The molecule has 0 aliphatic heterocycles. The van der Waals surface area contributed by atoms with Gasteiger partial charge in [0.05, 0.1) is 0 Å². The molecule has 0 saturated heterocycles. The molecule has 0 spiro atoms. The predicted molar refractivity (Wildman–Crippen MR) is 63.3 cm³/mol. The highest BCUT2D eigenvalue weighted by molar-refractivity contribution is 7.15. The van der Waals surface area contributed by atoms with Crippen molar-refractivity contribution in [1.29, 1.82) is 0 Å². The largest absolute Gasteiger partial charge is 0.445 e. The van der Waals surface area contributed by atoms with Crippen molar-refractivity contribution in [2.24, 2.45) is 11.7 Å². The summed E-state index contributed by atoms with van der Waals surface area (Å²) >= 11 is 0.530. The summed E-state index contributed by atoms with van der Waals surface area (Å²) in [6, 6.07) is 0.126. The zero-order chi connectivity index (χ0) is 13.2. The Hall–Kier alpha value is -0.890. The molecular weight excluding hydrogens is 265 g/mol. The molecule has 1 aromatic rings. The molecule has 0 bridgehead atoms. The van der Waals surface area contributed by atoms with Gasteiger partial charge < -0.3 is 11.1 Å². The Labute approximate surface area is 107 Å². The second-order valence-electron chi connectivity index (χ2n) is 4.50. The molecule has 3 N–H and O–H groups in total. The minimum Gasteiger partial charge on any atom is -0.360 e. The molecule has 0 aromatic carbocycles. The number of nitrogens with zero attached hydrogens (tertiary/aromatic N) is 2. The van der Waals surface area contributed by atoms with E-state index >= 15 is 0 Å². The number of alkyl halides is 3. The molecule has 2 atom stereocenters.